The zero-order valence-corrected chi connectivity index (χ0v) is 23.1. The van der Waals surface area contributed by atoms with E-state index >= 15 is 0 Å². The number of carbonyl (C=O) groups excluding carboxylic acids is 1. The number of unbranched alkanes of at least 4 members (excludes halogenated alkanes) is 1. The minimum atomic E-state index is 0.173. The monoisotopic (exact) mass is 492 g/mol. The molecule has 0 atom stereocenters. The highest BCUT2D eigenvalue weighted by Gasteiger charge is 2.29. The van der Waals surface area contributed by atoms with E-state index in [1.807, 2.05) is 0 Å². The summed E-state index contributed by atoms with van der Waals surface area (Å²) >= 11 is 1.77. The van der Waals surface area contributed by atoms with E-state index in [2.05, 4.69) is 73.9 Å². The number of carbonyl (C=O) groups is 1. The van der Waals surface area contributed by atoms with Crippen molar-refractivity contribution in [3.8, 4) is 27.4 Å². The van der Waals surface area contributed by atoms with Crippen LogP contribution in [0.5, 0.6) is 5.75 Å². The van der Waals surface area contributed by atoms with Gasteiger partial charge in [0.25, 0.3) is 0 Å². The highest BCUT2D eigenvalue weighted by Crippen LogP contribution is 2.46. The summed E-state index contributed by atoms with van der Waals surface area (Å²) in [6.45, 7) is 10.9. The molecule has 0 N–H and O–H groups in total. The van der Waals surface area contributed by atoms with Crippen LogP contribution in [0.3, 0.4) is 0 Å². The fraction of sp³-hybridized carbons (Fsp3) is 0.500. The Hall–Kier alpha value is -2.37. The number of benzene rings is 1. The molecule has 0 saturated heterocycles. The fourth-order valence-electron chi connectivity index (χ4n) is 5.24. The lowest BCUT2D eigenvalue weighted by molar-refractivity contribution is 0.111. The summed E-state index contributed by atoms with van der Waals surface area (Å²) in [5.74, 6) is 0.988. The first kappa shape index (κ1) is 25.7. The van der Waals surface area contributed by atoms with Crippen molar-refractivity contribution in [2.24, 2.45) is 0 Å². The molecule has 5 heteroatoms. The summed E-state index contributed by atoms with van der Waals surface area (Å²) < 4.78 is 8.04. The lowest BCUT2D eigenvalue weighted by Crippen LogP contribution is -2.38. The van der Waals surface area contributed by atoms with Gasteiger partial charge in [0.2, 0.25) is 0 Å². The van der Waals surface area contributed by atoms with Crippen molar-refractivity contribution >= 4 is 17.6 Å². The van der Waals surface area contributed by atoms with Crippen LogP contribution in [0.15, 0.2) is 29.6 Å². The van der Waals surface area contributed by atoms with Crippen LogP contribution in [0.1, 0.15) is 74.1 Å². The molecule has 4 rings (SSSR count). The Morgan fingerprint density at radius 3 is 2.63 bits per heavy atom. The van der Waals surface area contributed by atoms with Crippen LogP contribution < -0.4 is 4.74 Å². The molecule has 1 aliphatic heterocycles. The van der Waals surface area contributed by atoms with E-state index in [1.165, 1.54) is 38.4 Å². The van der Waals surface area contributed by atoms with Gasteiger partial charge in [-0.25, -0.2) is 0 Å². The second-order valence-electron chi connectivity index (χ2n) is 10.7. The molecule has 0 aliphatic carbocycles. The van der Waals surface area contributed by atoms with Gasteiger partial charge in [-0.2, -0.15) is 0 Å². The summed E-state index contributed by atoms with van der Waals surface area (Å²) in [6, 6.07) is 8.89. The standard InChI is InChI=1S/C30H40N2O2S/c1-7-11-22-18-24-21(19-26(22)34-6)14-16-32-25(20-33)23(12-8-9-15-31(5)30(2,3)4)28(29(24)32)27-13-10-17-35-27/h10,13,17-20H,7-9,11-12,14-16H2,1-6H3. The van der Waals surface area contributed by atoms with Crippen LogP contribution in [-0.4, -0.2) is 42.0 Å². The maximum absolute atomic E-state index is 12.5. The smallest absolute Gasteiger partial charge is 0.166 e. The summed E-state index contributed by atoms with van der Waals surface area (Å²) in [5, 5.41) is 2.14. The predicted octanol–water partition coefficient (Wildman–Crippen LogP) is 7.27. The van der Waals surface area contributed by atoms with Gasteiger partial charge in [0.1, 0.15) is 5.75 Å². The maximum atomic E-state index is 12.5. The zero-order chi connectivity index (χ0) is 25.2. The molecular formula is C30H40N2O2S. The second kappa shape index (κ2) is 10.7. The predicted molar refractivity (Wildman–Crippen MR) is 148 cm³/mol. The normalized spacial score (nSPS) is 13.1. The Bertz CT molecular complexity index is 1170. The number of hydrogen-bond acceptors (Lipinski definition) is 4. The van der Waals surface area contributed by atoms with Gasteiger partial charge in [-0.1, -0.05) is 19.4 Å². The molecule has 3 heterocycles. The van der Waals surface area contributed by atoms with Gasteiger partial charge >= 0.3 is 0 Å². The first-order valence-electron chi connectivity index (χ1n) is 13.0. The Morgan fingerprint density at radius 2 is 2.00 bits per heavy atom. The van der Waals surface area contributed by atoms with E-state index < -0.39 is 0 Å². The minimum Gasteiger partial charge on any atom is -0.496 e. The molecule has 0 fully saturated rings. The molecule has 0 radical (unpaired) electrons. The first-order chi connectivity index (χ1) is 16.8. The average Bonchev–Trinajstić information content (AvgIpc) is 3.46. The molecule has 1 aromatic carbocycles. The molecule has 0 saturated carbocycles. The molecule has 0 amide bonds. The third-order valence-corrected chi connectivity index (χ3v) is 8.38. The summed E-state index contributed by atoms with van der Waals surface area (Å²) in [7, 11) is 3.97. The maximum Gasteiger partial charge on any atom is 0.166 e. The van der Waals surface area contributed by atoms with Crippen molar-refractivity contribution in [2.75, 3.05) is 20.7 Å². The Labute approximate surface area is 214 Å². The van der Waals surface area contributed by atoms with E-state index in [0.29, 0.717) is 0 Å². The summed E-state index contributed by atoms with van der Waals surface area (Å²) in [4.78, 5) is 16.2. The summed E-state index contributed by atoms with van der Waals surface area (Å²) in [5.41, 5.74) is 8.58. The van der Waals surface area contributed by atoms with Crippen molar-refractivity contribution in [1.82, 2.24) is 9.47 Å². The molecule has 1 aliphatic rings. The number of fused-ring (bicyclic) bond motifs is 3. The number of rotatable bonds is 10. The highest BCUT2D eigenvalue weighted by molar-refractivity contribution is 7.13. The van der Waals surface area contributed by atoms with Gasteiger partial charge in [-0.15, -0.1) is 11.3 Å². The Balaban J connectivity index is 1.78. The zero-order valence-electron chi connectivity index (χ0n) is 22.2. The molecule has 0 spiro atoms. The third-order valence-electron chi connectivity index (χ3n) is 7.49. The van der Waals surface area contributed by atoms with Crippen LogP contribution in [0.2, 0.25) is 0 Å². The molecule has 0 unspecified atom stereocenters. The van der Waals surface area contributed by atoms with Crippen LogP contribution in [0.4, 0.5) is 0 Å². The highest BCUT2D eigenvalue weighted by atomic mass is 32.1. The third kappa shape index (κ3) is 5.12. The van der Waals surface area contributed by atoms with Crippen molar-refractivity contribution in [1.29, 1.82) is 0 Å². The number of nitrogens with zero attached hydrogens (tertiary/aromatic N) is 2. The van der Waals surface area contributed by atoms with Crippen molar-refractivity contribution in [2.45, 2.75) is 78.3 Å². The van der Waals surface area contributed by atoms with E-state index in [1.54, 1.807) is 18.4 Å². The number of aromatic nitrogens is 1. The quantitative estimate of drug-likeness (QED) is 0.220. The second-order valence-corrected chi connectivity index (χ2v) is 11.7. The molecular weight excluding hydrogens is 452 g/mol. The lowest BCUT2D eigenvalue weighted by Gasteiger charge is -2.31. The average molecular weight is 493 g/mol. The Morgan fingerprint density at radius 1 is 1.20 bits per heavy atom. The van der Waals surface area contributed by atoms with Crippen LogP contribution >= 0.6 is 11.3 Å². The number of thiophene rings is 1. The number of aldehydes is 1. The lowest BCUT2D eigenvalue weighted by atomic mass is 9.91. The van der Waals surface area contributed by atoms with E-state index in [4.69, 9.17) is 4.74 Å². The van der Waals surface area contributed by atoms with Gasteiger partial charge in [0, 0.05) is 28.1 Å². The van der Waals surface area contributed by atoms with E-state index in [0.717, 1.165) is 69.3 Å². The largest absolute Gasteiger partial charge is 0.496 e. The molecule has 35 heavy (non-hydrogen) atoms. The van der Waals surface area contributed by atoms with Crippen molar-refractivity contribution in [3.05, 3.63) is 52.0 Å². The summed E-state index contributed by atoms with van der Waals surface area (Å²) in [6.07, 6.45) is 7.18. The topological polar surface area (TPSA) is 34.5 Å². The first-order valence-corrected chi connectivity index (χ1v) is 13.8. The SMILES string of the molecule is CCCc1cc2c(cc1OC)CCn1c(C=O)c(CCCCN(C)C(C)(C)C)c(-c3cccs3)c1-2. The minimum absolute atomic E-state index is 0.173. The van der Waals surface area contributed by atoms with E-state index in [9.17, 15) is 4.79 Å². The van der Waals surface area contributed by atoms with Crippen molar-refractivity contribution < 1.29 is 9.53 Å². The van der Waals surface area contributed by atoms with Gasteiger partial charge < -0.3 is 14.2 Å². The molecule has 4 nitrogen and oxygen atoms in total. The molecule has 188 valence electrons. The Kier molecular flexibility index (Phi) is 7.87. The van der Waals surface area contributed by atoms with Crippen molar-refractivity contribution in [3.63, 3.8) is 0 Å². The number of ether oxygens (including phenoxy) is 1. The van der Waals surface area contributed by atoms with Crippen LogP contribution in [0.25, 0.3) is 21.7 Å². The van der Waals surface area contributed by atoms with Gasteiger partial charge in [0.15, 0.2) is 6.29 Å². The van der Waals surface area contributed by atoms with Gasteiger partial charge in [0.05, 0.1) is 18.5 Å². The number of hydrogen-bond donors (Lipinski definition) is 0. The molecule has 2 aromatic heterocycles. The van der Waals surface area contributed by atoms with Crippen LogP contribution in [-0.2, 0) is 25.8 Å². The van der Waals surface area contributed by atoms with Gasteiger partial charge in [-0.05, 0) is 107 Å². The molecule has 3 aromatic rings. The fourth-order valence-corrected chi connectivity index (χ4v) is 6.04. The number of aryl methyl sites for hydroxylation is 2. The van der Waals surface area contributed by atoms with E-state index in [-0.39, 0.29) is 5.54 Å². The molecule has 0 bridgehead atoms. The van der Waals surface area contributed by atoms with Gasteiger partial charge in [-0.3, -0.25) is 4.79 Å². The van der Waals surface area contributed by atoms with Crippen LogP contribution in [0, 0.1) is 0 Å². The number of methoxy groups -OCH3 is 1.